The van der Waals surface area contributed by atoms with Gasteiger partial charge in [-0.15, -0.1) is 0 Å². The van der Waals surface area contributed by atoms with Crippen molar-refractivity contribution in [2.75, 3.05) is 6.61 Å². The monoisotopic (exact) mass is 320 g/mol. The molecule has 1 heterocycles. The number of carbonyl (C=O) groups excluding carboxylic acids is 1. The minimum atomic E-state index is -1.31. The van der Waals surface area contributed by atoms with Crippen molar-refractivity contribution in [3.05, 3.63) is 0 Å². The standard InChI is InChI=1S/C19H28O4/c1-17-5-4-14-13(15(17)7-12(20)8-17)3-2-11-6-16(21)19(22)9-18(11,14)10-23-19/h11,13-16,21-22H,2-10H2,1H3/t11?,13-,14+,15+,16+,17-,18-,19+/m1/s1. The van der Waals surface area contributed by atoms with Crippen LogP contribution in [0.25, 0.3) is 0 Å². The Morgan fingerprint density at radius 2 is 2.04 bits per heavy atom. The number of hydrogen-bond acceptors (Lipinski definition) is 4. The molecule has 5 rings (SSSR count). The predicted octanol–water partition coefficient (Wildman–Crippen LogP) is 2.27. The molecule has 8 atom stereocenters. The summed E-state index contributed by atoms with van der Waals surface area (Å²) < 4.78 is 5.78. The zero-order chi connectivity index (χ0) is 16.0. The van der Waals surface area contributed by atoms with E-state index in [1.165, 1.54) is 6.42 Å². The molecule has 1 unspecified atom stereocenters. The highest BCUT2D eigenvalue weighted by atomic mass is 16.6. The highest BCUT2D eigenvalue weighted by Crippen LogP contribution is 2.68. The number of fused-ring (bicyclic) bond motifs is 4. The van der Waals surface area contributed by atoms with E-state index in [0.717, 1.165) is 32.1 Å². The van der Waals surface area contributed by atoms with E-state index in [1.54, 1.807) is 0 Å². The summed E-state index contributed by atoms with van der Waals surface area (Å²) in [6.07, 6.45) is 6.71. The highest BCUT2D eigenvalue weighted by Gasteiger charge is 2.68. The number of ether oxygens (including phenoxy) is 1. The van der Waals surface area contributed by atoms with E-state index < -0.39 is 11.9 Å². The quantitative estimate of drug-likeness (QED) is 0.718. The second kappa shape index (κ2) is 4.39. The molecule has 5 fully saturated rings. The minimum Gasteiger partial charge on any atom is -0.388 e. The lowest BCUT2D eigenvalue weighted by atomic mass is 9.45. The van der Waals surface area contributed by atoms with Gasteiger partial charge >= 0.3 is 0 Å². The second-order valence-corrected chi connectivity index (χ2v) is 9.56. The van der Waals surface area contributed by atoms with Gasteiger partial charge in [0.25, 0.3) is 0 Å². The topological polar surface area (TPSA) is 66.8 Å². The van der Waals surface area contributed by atoms with E-state index in [0.29, 0.717) is 48.9 Å². The van der Waals surface area contributed by atoms with Crippen LogP contribution < -0.4 is 0 Å². The first-order chi connectivity index (χ1) is 10.9. The van der Waals surface area contributed by atoms with Gasteiger partial charge in [0.2, 0.25) is 0 Å². The second-order valence-electron chi connectivity index (χ2n) is 9.56. The van der Waals surface area contributed by atoms with E-state index in [1.807, 2.05) is 0 Å². The Hall–Kier alpha value is -0.450. The molecule has 0 aromatic carbocycles. The third kappa shape index (κ3) is 1.75. The molecule has 0 aromatic rings. The number of aliphatic hydroxyl groups excluding tert-OH is 1. The molecule has 0 amide bonds. The van der Waals surface area contributed by atoms with Crippen molar-refractivity contribution in [3.63, 3.8) is 0 Å². The molecule has 23 heavy (non-hydrogen) atoms. The normalized spacial score (nSPS) is 61.0. The van der Waals surface area contributed by atoms with Gasteiger partial charge in [-0.25, -0.2) is 0 Å². The van der Waals surface area contributed by atoms with E-state index in [9.17, 15) is 15.0 Å². The van der Waals surface area contributed by atoms with Crippen LogP contribution in [0.1, 0.15) is 58.3 Å². The summed E-state index contributed by atoms with van der Waals surface area (Å²) in [6.45, 7) is 2.93. The summed E-state index contributed by atoms with van der Waals surface area (Å²) in [5, 5.41) is 21.0. The molecule has 0 aromatic heterocycles. The maximum atomic E-state index is 12.1. The van der Waals surface area contributed by atoms with Gasteiger partial charge < -0.3 is 14.9 Å². The third-order valence-corrected chi connectivity index (χ3v) is 8.61. The van der Waals surface area contributed by atoms with Gasteiger partial charge in [-0.1, -0.05) is 6.92 Å². The summed E-state index contributed by atoms with van der Waals surface area (Å²) in [7, 11) is 0. The molecule has 4 aliphatic carbocycles. The number of hydrogen-bond donors (Lipinski definition) is 2. The summed E-state index contributed by atoms with van der Waals surface area (Å²) in [5.41, 5.74) is 0.259. The Labute approximate surface area is 137 Å². The van der Waals surface area contributed by atoms with Crippen molar-refractivity contribution in [3.8, 4) is 0 Å². The van der Waals surface area contributed by atoms with Gasteiger partial charge in [0, 0.05) is 24.7 Å². The molecule has 2 bridgehead atoms. The molecule has 1 aliphatic heterocycles. The molecule has 1 spiro atoms. The Kier molecular flexibility index (Phi) is 2.83. The van der Waals surface area contributed by atoms with Crippen molar-refractivity contribution in [2.45, 2.75) is 70.2 Å². The first kappa shape index (κ1) is 14.9. The van der Waals surface area contributed by atoms with Gasteiger partial charge in [-0.3, -0.25) is 4.79 Å². The van der Waals surface area contributed by atoms with E-state index >= 15 is 0 Å². The summed E-state index contributed by atoms with van der Waals surface area (Å²) in [6, 6.07) is 0. The van der Waals surface area contributed by atoms with Gasteiger partial charge in [0.1, 0.15) is 11.9 Å². The number of Topliss-reactive ketones (excluding diaryl/α,β-unsaturated/α-hetero) is 1. The maximum Gasteiger partial charge on any atom is 0.192 e. The molecule has 4 heteroatoms. The molecule has 0 radical (unpaired) electrons. The van der Waals surface area contributed by atoms with Crippen LogP contribution in [0.5, 0.6) is 0 Å². The fourth-order valence-electron chi connectivity index (χ4n) is 7.52. The molecule has 2 N–H and O–H groups in total. The van der Waals surface area contributed by atoms with Crippen LogP contribution in [0, 0.1) is 34.5 Å². The lowest BCUT2D eigenvalue weighted by Crippen LogP contribution is -2.57. The van der Waals surface area contributed by atoms with Crippen LogP contribution >= 0.6 is 0 Å². The molecule has 4 nitrogen and oxygen atoms in total. The van der Waals surface area contributed by atoms with Gasteiger partial charge in [0.15, 0.2) is 5.79 Å². The summed E-state index contributed by atoms with van der Waals surface area (Å²) in [5.74, 6) is 1.32. The lowest BCUT2D eigenvalue weighted by Gasteiger charge is -2.59. The van der Waals surface area contributed by atoms with Crippen molar-refractivity contribution in [1.82, 2.24) is 0 Å². The molecule has 5 aliphatic rings. The third-order valence-electron chi connectivity index (χ3n) is 8.61. The Morgan fingerprint density at radius 1 is 1.22 bits per heavy atom. The van der Waals surface area contributed by atoms with Crippen LogP contribution in [0.15, 0.2) is 0 Å². The first-order valence-electron chi connectivity index (χ1n) is 9.42. The number of ketones is 1. The molecule has 1 saturated heterocycles. The molecular weight excluding hydrogens is 292 g/mol. The van der Waals surface area contributed by atoms with Crippen LogP contribution in [-0.4, -0.2) is 34.5 Å². The molecule has 128 valence electrons. The smallest absolute Gasteiger partial charge is 0.192 e. The van der Waals surface area contributed by atoms with Crippen molar-refractivity contribution < 1.29 is 19.7 Å². The SMILES string of the molecule is C[C@]12CC[C@H]3[C@@H](CCC4C[C@H](O)[C@]5(O)C[C@@]43CO5)[C@@H]1CC(=O)C2. The zero-order valence-corrected chi connectivity index (χ0v) is 14.0. The van der Waals surface area contributed by atoms with E-state index in [2.05, 4.69) is 6.92 Å². The predicted molar refractivity (Wildman–Crippen MR) is 83.4 cm³/mol. The lowest BCUT2D eigenvalue weighted by molar-refractivity contribution is -0.242. The number of aliphatic hydroxyl groups is 2. The average Bonchev–Trinajstić information content (AvgIpc) is 2.97. The van der Waals surface area contributed by atoms with Crippen LogP contribution in [-0.2, 0) is 9.53 Å². The van der Waals surface area contributed by atoms with Gasteiger partial charge in [0.05, 0.1) is 6.61 Å². The fraction of sp³-hybridized carbons (Fsp3) is 0.947. The zero-order valence-electron chi connectivity index (χ0n) is 14.0. The van der Waals surface area contributed by atoms with Crippen molar-refractivity contribution in [2.24, 2.45) is 34.5 Å². The number of rotatable bonds is 0. The summed E-state index contributed by atoms with van der Waals surface area (Å²) in [4.78, 5) is 12.1. The fourth-order valence-corrected chi connectivity index (χ4v) is 7.52. The minimum absolute atomic E-state index is 0.0455. The maximum absolute atomic E-state index is 12.1. The van der Waals surface area contributed by atoms with Crippen LogP contribution in [0.2, 0.25) is 0 Å². The van der Waals surface area contributed by atoms with Crippen LogP contribution in [0.3, 0.4) is 0 Å². The largest absolute Gasteiger partial charge is 0.388 e. The average molecular weight is 320 g/mol. The number of carbonyl (C=O) groups is 1. The Balaban J connectivity index is 1.51. The van der Waals surface area contributed by atoms with Gasteiger partial charge in [-0.05, 0) is 61.2 Å². The molecular formula is C19H28O4. The van der Waals surface area contributed by atoms with E-state index in [-0.39, 0.29) is 10.8 Å². The van der Waals surface area contributed by atoms with Crippen molar-refractivity contribution in [1.29, 1.82) is 0 Å². The van der Waals surface area contributed by atoms with Gasteiger partial charge in [-0.2, -0.15) is 0 Å². The molecule has 4 saturated carbocycles. The Bertz CT molecular complexity index is 562. The summed E-state index contributed by atoms with van der Waals surface area (Å²) >= 11 is 0. The Morgan fingerprint density at radius 3 is 2.87 bits per heavy atom. The van der Waals surface area contributed by atoms with E-state index in [4.69, 9.17) is 4.74 Å². The van der Waals surface area contributed by atoms with Crippen molar-refractivity contribution >= 4 is 5.78 Å². The van der Waals surface area contributed by atoms with Crippen LogP contribution in [0.4, 0.5) is 0 Å². The first-order valence-corrected chi connectivity index (χ1v) is 9.42. The highest BCUT2D eigenvalue weighted by molar-refractivity contribution is 5.82.